The van der Waals surface area contributed by atoms with E-state index in [0.717, 1.165) is 44.5 Å². The van der Waals surface area contributed by atoms with Crippen LogP contribution in [0.25, 0.3) is 0 Å². The highest BCUT2D eigenvalue weighted by Crippen LogP contribution is 2.28. The van der Waals surface area contributed by atoms with Crippen molar-refractivity contribution in [2.45, 2.75) is 38.6 Å². The van der Waals surface area contributed by atoms with Crippen LogP contribution in [0.15, 0.2) is 36.8 Å². The molecule has 116 valence electrons. The molecule has 0 atom stereocenters. The summed E-state index contributed by atoms with van der Waals surface area (Å²) in [4.78, 5) is 18.4. The van der Waals surface area contributed by atoms with Crippen molar-refractivity contribution in [1.29, 1.82) is 0 Å². The molecule has 1 amide bonds. The molecule has 3 rings (SSSR count). The van der Waals surface area contributed by atoms with E-state index in [9.17, 15) is 4.79 Å². The van der Waals surface area contributed by atoms with Crippen LogP contribution < -0.4 is 0 Å². The van der Waals surface area contributed by atoms with E-state index in [4.69, 9.17) is 0 Å². The number of aryl methyl sites for hydroxylation is 1. The van der Waals surface area contributed by atoms with Gasteiger partial charge in [-0.25, -0.2) is 0 Å². The van der Waals surface area contributed by atoms with Crippen LogP contribution in [0, 0.1) is 0 Å². The number of likely N-dealkylation sites (tertiary alicyclic amines) is 1. The molecule has 0 saturated carbocycles. The van der Waals surface area contributed by atoms with E-state index in [2.05, 4.69) is 27.8 Å². The highest BCUT2D eigenvalue weighted by atomic mass is 16.2. The molecule has 2 aromatic rings. The Bertz CT molecular complexity index is 615. The molecule has 0 N–H and O–H groups in total. The van der Waals surface area contributed by atoms with Crippen molar-refractivity contribution in [3.05, 3.63) is 48.0 Å². The van der Waals surface area contributed by atoms with Gasteiger partial charge in [-0.3, -0.25) is 14.5 Å². The van der Waals surface area contributed by atoms with Crippen molar-refractivity contribution in [3.63, 3.8) is 0 Å². The predicted molar refractivity (Wildman–Crippen MR) is 84.6 cm³/mol. The summed E-state index contributed by atoms with van der Waals surface area (Å²) >= 11 is 0. The molecule has 2 aromatic heterocycles. The highest BCUT2D eigenvalue weighted by molar-refractivity contribution is 5.94. The normalized spacial score (nSPS) is 16.0. The van der Waals surface area contributed by atoms with Crippen LogP contribution in [0.5, 0.6) is 0 Å². The first-order valence-corrected chi connectivity index (χ1v) is 8.00. The number of carbonyl (C=O) groups excluding carboxylic acids is 1. The van der Waals surface area contributed by atoms with E-state index in [-0.39, 0.29) is 5.91 Å². The third-order valence-electron chi connectivity index (χ3n) is 4.31. The SMILES string of the molecule is CCCn1nccc1C1CCN(C(=O)c2ccncc2)CC1. The number of rotatable bonds is 4. The molecule has 0 spiro atoms. The molecule has 0 aliphatic carbocycles. The average molecular weight is 298 g/mol. The molecule has 1 aliphatic heterocycles. The van der Waals surface area contributed by atoms with Gasteiger partial charge in [-0.15, -0.1) is 0 Å². The van der Waals surface area contributed by atoms with Gasteiger partial charge < -0.3 is 4.90 Å². The second-order valence-corrected chi connectivity index (χ2v) is 5.78. The van der Waals surface area contributed by atoms with Gasteiger partial charge in [0.15, 0.2) is 0 Å². The molecule has 1 aliphatic rings. The summed E-state index contributed by atoms with van der Waals surface area (Å²) in [6, 6.07) is 5.69. The Morgan fingerprint density at radius 3 is 2.59 bits per heavy atom. The molecule has 1 saturated heterocycles. The second kappa shape index (κ2) is 6.73. The highest BCUT2D eigenvalue weighted by Gasteiger charge is 2.26. The number of pyridine rings is 1. The molecule has 5 heteroatoms. The molecule has 3 heterocycles. The zero-order valence-corrected chi connectivity index (χ0v) is 13.0. The fourth-order valence-electron chi connectivity index (χ4n) is 3.14. The minimum atomic E-state index is 0.114. The molecule has 0 bridgehead atoms. The predicted octanol–water partition coefficient (Wildman–Crippen LogP) is 2.71. The van der Waals surface area contributed by atoms with Crippen molar-refractivity contribution in [2.75, 3.05) is 13.1 Å². The summed E-state index contributed by atoms with van der Waals surface area (Å²) in [5.41, 5.74) is 2.04. The summed E-state index contributed by atoms with van der Waals surface area (Å²) < 4.78 is 2.12. The summed E-state index contributed by atoms with van der Waals surface area (Å²) in [6.45, 7) is 4.76. The van der Waals surface area contributed by atoms with Gasteiger partial charge in [0.2, 0.25) is 0 Å². The lowest BCUT2D eigenvalue weighted by atomic mass is 9.93. The number of hydrogen-bond acceptors (Lipinski definition) is 3. The van der Waals surface area contributed by atoms with Crippen molar-refractivity contribution in [3.8, 4) is 0 Å². The van der Waals surface area contributed by atoms with Crippen molar-refractivity contribution in [1.82, 2.24) is 19.7 Å². The van der Waals surface area contributed by atoms with Crippen LogP contribution in [0.1, 0.15) is 48.2 Å². The van der Waals surface area contributed by atoms with Crippen LogP contribution in [-0.4, -0.2) is 38.7 Å². The van der Waals surface area contributed by atoms with E-state index < -0.39 is 0 Å². The summed E-state index contributed by atoms with van der Waals surface area (Å²) in [6.07, 6.45) is 8.33. The molecule has 0 unspecified atom stereocenters. The van der Waals surface area contributed by atoms with E-state index in [1.807, 2.05) is 11.1 Å². The minimum Gasteiger partial charge on any atom is -0.339 e. The van der Waals surface area contributed by atoms with Gasteiger partial charge in [-0.05, 0) is 37.5 Å². The molecule has 0 aromatic carbocycles. The smallest absolute Gasteiger partial charge is 0.253 e. The minimum absolute atomic E-state index is 0.114. The van der Waals surface area contributed by atoms with Crippen LogP contribution in [0.4, 0.5) is 0 Å². The fourth-order valence-corrected chi connectivity index (χ4v) is 3.14. The molecule has 5 nitrogen and oxygen atoms in total. The summed E-state index contributed by atoms with van der Waals surface area (Å²) in [7, 11) is 0. The third kappa shape index (κ3) is 3.03. The molecular weight excluding hydrogens is 276 g/mol. The van der Waals surface area contributed by atoms with Crippen LogP contribution in [0.3, 0.4) is 0 Å². The van der Waals surface area contributed by atoms with Gasteiger partial charge in [-0.1, -0.05) is 6.92 Å². The average Bonchev–Trinajstić information content (AvgIpc) is 3.04. The molecular formula is C17H22N4O. The van der Waals surface area contributed by atoms with Gasteiger partial charge in [0.25, 0.3) is 5.91 Å². The van der Waals surface area contributed by atoms with Crippen molar-refractivity contribution < 1.29 is 4.79 Å². The number of piperidine rings is 1. The molecule has 22 heavy (non-hydrogen) atoms. The van der Waals surface area contributed by atoms with Gasteiger partial charge in [0.1, 0.15) is 0 Å². The monoisotopic (exact) mass is 298 g/mol. The van der Waals surface area contributed by atoms with Crippen molar-refractivity contribution in [2.24, 2.45) is 0 Å². The first kappa shape index (κ1) is 14.8. The zero-order valence-electron chi connectivity index (χ0n) is 13.0. The number of aromatic nitrogens is 3. The zero-order chi connectivity index (χ0) is 15.4. The number of hydrogen-bond donors (Lipinski definition) is 0. The molecule has 0 radical (unpaired) electrons. The maximum atomic E-state index is 12.4. The van der Waals surface area contributed by atoms with E-state index >= 15 is 0 Å². The topological polar surface area (TPSA) is 51.0 Å². The van der Waals surface area contributed by atoms with Crippen LogP contribution in [0.2, 0.25) is 0 Å². The maximum absolute atomic E-state index is 12.4. The van der Waals surface area contributed by atoms with Gasteiger partial charge >= 0.3 is 0 Å². The standard InChI is InChI=1S/C17H22N4O/c1-2-11-21-16(5-10-19-21)14-6-12-20(13-7-14)17(22)15-3-8-18-9-4-15/h3-5,8-10,14H,2,6-7,11-13H2,1H3. The summed E-state index contributed by atoms with van der Waals surface area (Å²) in [5, 5.41) is 4.41. The van der Waals surface area contributed by atoms with Crippen LogP contribution in [-0.2, 0) is 6.54 Å². The lowest BCUT2D eigenvalue weighted by molar-refractivity contribution is 0.0711. The Morgan fingerprint density at radius 1 is 1.18 bits per heavy atom. The maximum Gasteiger partial charge on any atom is 0.253 e. The summed E-state index contributed by atoms with van der Waals surface area (Å²) in [5.74, 6) is 0.624. The number of amides is 1. The van der Waals surface area contributed by atoms with Gasteiger partial charge in [0, 0.05) is 55.4 Å². The van der Waals surface area contributed by atoms with E-state index in [1.54, 1.807) is 24.5 Å². The lowest BCUT2D eigenvalue weighted by Crippen LogP contribution is -2.38. The Labute approximate surface area is 131 Å². The van der Waals surface area contributed by atoms with E-state index in [1.165, 1.54) is 5.69 Å². The largest absolute Gasteiger partial charge is 0.339 e. The lowest BCUT2D eigenvalue weighted by Gasteiger charge is -2.32. The first-order valence-electron chi connectivity index (χ1n) is 8.00. The van der Waals surface area contributed by atoms with Crippen LogP contribution >= 0.6 is 0 Å². The first-order chi connectivity index (χ1) is 10.8. The Balaban J connectivity index is 1.63. The second-order valence-electron chi connectivity index (χ2n) is 5.78. The third-order valence-corrected chi connectivity index (χ3v) is 4.31. The Kier molecular flexibility index (Phi) is 4.51. The quantitative estimate of drug-likeness (QED) is 0.872. The number of carbonyl (C=O) groups is 1. The van der Waals surface area contributed by atoms with Crippen molar-refractivity contribution >= 4 is 5.91 Å². The Morgan fingerprint density at radius 2 is 1.91 bits per heavy atom. The van der Waals surface area contributed by atoms with E-state index in [0.29, 0.717) is 5.92 Å². The number of nitrogens with zero attached hydrogens (tertiary/aromatic N) is 4. The van der Waals surface area contributed by atoms with Gasteiger partial charge in [0.05, 0.1) is 0 Å². The Hall–Kier alpha value is -2.17. The fraction of sp³-hybridized carbons (Fsp3) is 0.471. The molecule has 1 fully saturated rings. The van der Waals surface area contributed by atoms with Gasteiger partial charge in [-0.2, -0.15) is 5.10 Å².